The van der Waals surface area contributed by atoms with Crippen molar-refractivity contribution in [2.45, 2.75) is 30.7 Å². The predicted molar refractivity (Wildman–Crippen MR) is 68.1 cm³/mol. The number of sulfonamides is 1. The second-order valence-electron chi connectivity index (χ2n) is 3.92. The van der Waals surface area contributed by atoms with Crippen LogP contribution in [-0.2, 0) is 19.6 Å². The first-order valence-electron chi connectivity index (χ1n) is 5.68. The third kappa shape index (κ3) is 4.46. The quantitative estimate of drug-likeness (QED) is 0.771. The number of hydrogen-bond donors (Lipinski definition) is 2. The van der Waals surface area contributed by atoms with E-state index < -0.39 is 22.0 Å². The Morgan fingerprint density at radius 2 is 1.84 bits per heavy atom. The summed E-state index contributed by atoms with van der Waals surface area (Å²) in [6.45, 7) is 1.59. The Kier molecular flexibility index (Phi) is 5.20. The average Bonchev–Trinajstić information content (AvgIpc) is 2.38. The van der Waals surface area contributed by atoms with Crippen LogP contribution in [0.2, 0.25) is 0 Å². The highest BCUT2D eigenvalue weighted by molar-refractivity contribution is 7.89. The molecule has 7 heteroatoms. The van der Waals surface area contributed by atoms with Gasteiger partial charge in [0, 0.05) is 12.8 Å². The summed E-state index contributed by atoms with van der Waals surface area (Å²) in [7, 11) is -3.94. The average molecular weight is 285 g/mol. The Morgan fingerprint density at radius 3 is 2.32 bits per heavy atom. The minimum absolute atomic E-state index is 0.0369. The fourth-order valence-corrected chi connectivity index (χ4v) is 2.62. The van der Waals surface area contributed by atoms with Gasteiger partial charge < -0.3 is 5.11 Å². The zero-order valence-electron chi connectivity index (χ0n) is 10.4. The maximum Gasteiger partial charge on any atom is 0.322 e. The SMILES string of the molecule is CCC(=O)CC(NS(=O)(=O)c1ccccc1)C(=O)O. The molecule has 0 bridgehead atoms. The Bertz CT molecular complexity index is 553. The number of carboxylic acids is 1. The van der Waals surface area contributed by atoms with E-state index in [0.717, 1.165) is 0 Å². The topological polar surface area (TPSA) is 101 Å². The zero-order valence-corrected chi connectivity index (χ0v) is 11.2. The van der Waals surface area contributed by atoms with Crippen molar-refractivity contribution in [2.75, 3.05) is 0 Å². The molecule has 1 aromatic carbocycles. The van der Waals surface area contributed by atoms with Crippen LogP contribution in [0.15, 0.2) is 35.2 Å². The molecule has 1 aromatic rings. The maximum absolute atomic E-state index is 11.9. The highest BCUT2D eigenvalue weighted by Crippen LogP contribution is 2.09. The van der Waals surface area contributed by atoms with E-state index in [1.807, 2.05) is 4.72 Å². The molecule has 0 saturated heterocycles. The smallest absolute Gasteiger partial charge is 0.322 e. The van der Waals surface area contributed by atoms with E-state index in [1.54, 1.807) is 13.0 Å². The molecule has 0 fully saturated rings. The summed E-state index contributed by atoms with van der Waals surface area (Å²) in [4.78, 5) is 22.2. The number of ketones is 1. The predicted octanol–water partition coefficient (Wildman–Crippen LogP) is 0.787. The van der Waals surface area contributed by atoms with Gasteiger partial charge in [0.25, 0.3) is 0 Å². The standard InChI is InChI=1S/C12H15NO5S/c1-2-9(14)8-11(12(15)16)13-19(17,18)10-6-4-3-5-7-10/h3-7,11,13H,2,8H2,1H3,(H,15,16). The Balaban J connectivity index is 2.91. The van der Waals surface area contributed by atoms with Crippen molar-refractivity contribution in [1.29, 1.82) is 0 Å². The molecule has 104 valence electrons. The summed E-state index contributed by atoms with van der Waals surface area (Å²) in [6, 6.07) is 5.96. The number of nitrogens with one attached hydrogen (secondary N) is 1. The lowest BCUT2D eigenvalue weighted by atomic mass is 10.1. The van der Waals surface area contributed by atoms with Crippen LogP contribution in [0.25, 0.3) is 0 Å². The first-order valence-corrected chi connectivity index (χ1v) is 7.17. The molecule has 1 atom stereocenters. The van der Waals surface area contributed by atoms with Gasteiger partial charge in [0.05, 0.1) is 4.90 Å². The van der Waals surface area contributed by atoms with Gasteiger partial charge in [0.15, 0.2) is 0 Å². The van der Waals surface area contributed by atoms with Gasteiger partial charge in [0.1, 0.15) is 11.8 Å². The second-order valence-corrected chi connectivity index (χ2v) is 5.64. The number of carboxylic acid groups (broad SMARTS) is 1. The van der Waals surface area contributed by atoms with Gasteiger partial charge in [-0.15, -0.1) is 0 Å². The van der Waals surface area contributed by atoms with Crippen LogP contribution in [0, 0.1) is 0 Å². The number of benzene rings is 1. The molecule has 0 amide bonds. The van der Waals surface area contributed by atoms with E-state index in [4.69, 9.17) is 5.11 Å². The Morgan fingerprint density at radius 1 is 1.26 bits per heavy atom. The van der Waals surface area contributed by atoms with Gasteiger partial charge in [-0.3, -0.25) is 9.59 Å². The largest absolute Gasteiger partial charge is 0.480 e. The highest BCUT2D eigenvalue weighted by Gasteiger charge is 2.26. The van der Waals surface area contributed by atoms with Crippen molar-refractivity contribution in [3.63, 3.8) is 0 Å². The highest BCUT2D eigenvalue weighted by atomic mass is 32.2. The molecule has 0 saturated carbocycles. The second kappa shape index (κ2) is 6.44. The van der Waals surface area contributed by atoms with Crippen molar-refractivity contribution < 1.29 is 23.1 Å². The van der Waals surface area contributed by atoms with E-state index in [2.05, 4.69) is 0 Å². The van der Waals surface area contributed by atoms with E-state index in [9.17, 15) is 18.0 Å². The summed E-state index contributed by atoms with van der Waals surface area (Å²) in [6.07, 6.45) is -0.200. The molecule has 2 N–H and O–H groups in total. The lowest BCUT2D eigenvalue weighted by molar-refractivity contribution is -0.140. The third-order valence-corrected chi connectivity index (χ3v) is 3.96. The van der Waals surface area contributed by atoms with Crippen molar-refractivity contribution in [2.24, 2.45) is 0 Å². The molecule has 0 aliphatic rings. The molecule has 0 spiro atoms. The fraction of sp³-hybridized carbons (Fsp3) is 0.333. The van der Waals surface area contributed by atoms with Crippen molar-refractivity contribution in [3.8, 4) is 0 Å². The summed E-state index contributed by atoms with van der Waals surface area (Å²) < 4.78 is 25.9. The van der Waals surface area contributed by atoms with Crippen molar-refractivity contribution >= 4 is 21.8 Å². The normalized spacial score (nSPS) is 12.9. The molecule has 0 aliphatic carbocycles. The first kappa shape index (κ1) is 15.3. The van der Waals surface area contributed by atoms with E-state index in [-0.39, 0.29) is 23.5 Å². The Hall–Kier alpha value is -1.73. The Labute approximate surface area is 111 Å². The van der Waals surface area contributed by atoms with Gasteiger partial charge in [-0.25, -0.2) is 8.42 Å². The van der Waals surface area contributed by atoms with Crippen LogP contribution in [0.1, 0.15) is 19.8 Å². The van der Waals surface area contributed by atoms with Crippen LogP contribution in [0.4, 0.5) is 0 Å². The van der Waals surface area contributed by atoms with Crippen LogP contribution in [0.5, 0.6) is 0 Å². The molecule has 0 heterocycles. The van der Waals surface area contributed by atoms with Crippen LogP contribution >= 0.6 is 0 Å². The maximum atomic E-state index is 11.9. The minimum Gasteiger partial charge on any atom is -0.480 e. The number of aliphatic carboxylic acids is 1. The molecule has 0 aromatic heterocycles. The lowest BCUT2D eigenvalue weighted by Crippen LogP contribution is -2.42. The van der Waals surface area contributed by atoms with Crippen molar-refractivity contribution in [1.82, 2.24) is 4.72 Å². The molecule has 6 nitrogen and oxygen atoms in total. The van der Waals surface area contributed by atoms with E-state index in [0.29, 0.717) is 0 Å². The van der Waals surface area contributed by atoms with Gasteiger partial charge in [0.2, 0.25) is 10.0 Å². The molecule has 19 heavy (non-hydrogen) atoms. The minimum atomic E-state index is -3.94. The number of rotatable bonds is 7. The summed E-state index contributed by atoms with van der Waals surface area (Å²) >= 11 is 0. The van der Waals surface area contributed by atoms with Gasteiger partial charge in [-0.05, 0) is 12.1 Å². The first-order chi connectivity index (χ1) is 8.86. The summed E-state index contributed by atoms with van der Waals surface area (Å²) in [5.74, 6) is -1.69. The van der Waals surface area contributed by atoms with E-state index >= 15 is 0 Å². The van der Waals surface area contributed by atoms with Gasteiger partial charge >= 0.3 is 5.97 Å². The number of carbonyl (C=O) groups excluding carboxylic acids is 1. The monoisotopic (exact) mass is 285 g/mol. The van der Waals surface area contributed by atoms with Gasteiger partial charge in [-0.2, -0.15) is 4.72 Å². The third-order valence-electron chi connectivity index (χ3n) is 2.48. The molecule has 0 radical (unpaired) electrons. The fourth-order valence-electron chi connectivity index (χ4n) is 1.41. The van der Waals surface area contributed by atoms with Crippen LogP contribution < -0.4 is 4.72 Å². The molecular weight excluding hydrogens is 270 g/mol. The molecule has 0 aliphatic heterocycles. The van der Waals surface area contributed by atoms with Crippen LogP contribution in [0.3, 0.4) is 0 Å². The van der Waals surface area contributed by atoms with Crippen LogP contribution in [-0.4, -0.2) is 31.3 Å². The van der Waals surface area contributed by atoms with Gasteiger partial charge in [-0.1, -0.05) is 25.1 Å². The number of hydrogen-bond acceptors (Lipinski definition) is 4. The lowest BCUT2D eigenvalue weighted by Gasteiger charge is -2.13. The zero-order chi connectivity index (χ0) is 14.5. The summed E-state index contributed by atoms with van der Waals surface area (Å²) in [5, 5.41) is 8.95. The van der Waals surface area contributed by atoms with E-state index in [1.165, 1.54) is 24.3 Å². The molecular formula is C12H15NO5S. The number of Topliss-reactive ketones (excluding diaryl/α,β-unsaturated/α-hetero) is 1. The number of carbonyl (C=O) groups is 2. The van der Waals surface area contributed by atoms with Crippen molar-refractivity contribution in [3.05, 3.63) is 30.3 Å². The molecule has 1 unspecified atom stereocenters. The summed E-state index contributed by atoms with van der Waals surface area (Å²) in [5.41, 5.74) is 0. The molecule has 1 rings (SSSR count).